The van der Waals surface area contributed by atoms with E-state index < -0.39 is 5.82 Å². The van der Waals surface area contributed by atoms with Crippen molar-refractivity contribution in [3.63, 3.8) is 0 Å². The number of nitrogens with two attached hydrogens (primary N) is 1. The van der Waals surface area contributed by atoms with Crippen LogP contribution in [0.5, 0.6) is 11.5 Å². The Morgan fingerprint density at radius 1 is 1.09 bits per heavy atom. The topological polar surface area (TPSA) is 73.6 Å². The molecule has 0 radical (unpaired) electrons. The van der Waals surface area contributed by atoms with E-state index in [0.717, 1.165) is 0 Å². The molecule has 0 aliphatic carbocycles. The van der Waals surface area contributed by atoms with Crippen molar-refractivity contribution in [2.75, 3.05) is 24.3 Å². The maximum atomic E-state index is 13.1. The van der Waals surface area contributed by atoms with Gasteiger partial charge >= 0.3 is 0 Å². The number of carbonyl (C=O) groups is 1. The van der Waals surface area contributed by atoms with Crippen LogP contribution in [0.4, 0.5) is 15.8 Å². The summed E-state index contributed by atoms with van der Waals surface area (Å²) in [6.07, 6.45) is 0. The molecule has 0 saturated heterocycles. The average molecular weight is 318 g/mol. The summed E-state index contributed by atoms with van der Waals surface area (Å²) in [6.45, 7) is 4.68. The largest absolute Gasteiger partial charge is 0.490 e. The third kappa shape index (κ3) is 4.12. The highest BCUT2D eigenvalue weighted by Crippen LogP contribution is 2.29. The van der Waals surface area contributed by atoms with Crippen LogP contribution in [-0.2, 0) is 0 Å². The van der Waals surface area contributed by atoms with Crippen molar-refractivity contribution in [3.8, 4) is 11.5 Å². The molecular formula is C17H19FN2O3. The van der Waals surface area contributed by atoms with E-state index in [1.165, 1.54) is 18.2 Å². The highest BCUT2D eigenvalue weighted by Gasteiger charge is 2.12. The van der Waals surface area contributed by atoms with Gasteiger partial charge in [0.1, 0.15) is 5.82 Å². The molecule has 3 N–H and O–H groups in total. The second-order valence-electron chi connectivity index (χ2n) is 4.72. The standard InChI is InChI=1S/C17H19FN2O3/c1-3-22-15-8-5-11(9-16(15)23-4-2)17(21)20-12-6-7-13(18)14(19)10-12/h5-10H,3-4,19H2,1-2H3,(H,20,21). The van der Waals surface area contributed by atoms with Crippen molar-refractivity contribution in [1.82, 2.24) is 0 Å². The molecule has 0 atom stereocenters. The molecule has 2 aromatic rings. The van der Waals surface area contributed by atoms with Crippen LogP contribution in [0.1, 0.15) is 24.2 Å². The van der Waals surface area contributed by atoms with Crippen LogP contribution in [0.25, 0.3) is 0 Å². The van der Waals surface area contributed by atoms with E-state index in [1.807, 2.05) is 13.8 Å². The van der Waals surface area contributed by atoms with Crippen molar-refractivity contribution in [3.05, 3.63) is 47.8 Å². The van der Waals surface area contributed by atoms with Gasteiger partial charge in [0.15, 0.2) is 11.5 Å². The lowest BCUT2D eigenvalue weighted by Gasteiger charge is -2.12. The Balaban J connectivity index is 2.21. The van der Waals surface area contributed by atoms with Crippen LogP contribution in [0.3, 0.4) is 0 Å². The zero-order chi connectivity index (χ0) is 16.8. The van der Waals surface area contributed by atoms with Crippen molar-refractivity contribution in [2.24, 2.45) is 0 Å². The molecule has 122 valence electrons. The monoisotopic (exact) mass is 318 g/mol. The molecule has 0 aliphatic rings. The minimum absolute atomic E-state index is 0.0236. The van der Waals surface area contributed by atoms with E-state index in [9.17, 15) is 9.18 Å². The highest BCUT2D eigenvalue weighted by molar-refractivity contribution is 6.04. The van der Waals surface area contributed by atoms with Gasteiger partial charge in [-0.2, -0.15) is 0 Å². The predicted molar refractivity (Wildman–Crippen MR) is 87.5 cm³/mol. The lowest BCUT2D eigenvalue weighted by molar-refractivity contribution is 0.102. The fourth-order valence-corrected chi connectivity index (χ4v) is 2.02. The van der Waals surface area contributed by atoms with Crippen LogP contribution >= 0.6 is 0 Å². The first kappa shape index (κ1) is 16.6. The molecule has 1 amide bonds. The van der Waals surface area contributed by atoms with Gasteiger partial charge in [-0.3, -0.25) is 4.79 Å². The van der Waals surface area contributed by atoms with E-state index in [4.69, 9.17) is 15.2 Å². The molecule has 6 heteroatoms. The maximum absolute atomic E-state index is 13.1. The minimum atomic E-state index is -0.525. The lowest BCUT2D eigenvalue weighted by atomic mass is 10.1. The number of nitrogen functional groups attached to an aromatic ring is 1. The van der Waals surface area contributed by atoms with Gasteiger partial charge in [-0.15, -0.1) is 0 Å². The molecule has 0 spiro atoms. The van der Waals surface area contributed by atoms with Crippen molar-refractivity contribution in [2.45, 2.75) is 13.8 Å². The van der Waals surface area contributed by atoms with Crippen LogP contribution < -0.4 is 20.5 Å². The number of hydrogen-bond donors (Lipinski definition) is 2. The normalized spacial score (nSPS) is 10.2. The predicted octanol–water partition coefficient (Wildman–Crippen LogP) is 3.46. The molecule has 5 nitrogen and oxygen atoms in total. The SMILES string of the molecule is CCOc1ccc(C(=O)Nc2ccc(F)c(N)c2)cc1OCC. The molecule has 0 aromatic heterocycles. The Labute approximate surface area is 134 Å². The summed E-state index contributed by atoms with van der Waals surface area (Å²) in [7, 11) is 0. The quantitative estimate of drug-likeness (QED) is 0.800. The summed E-state index contributed by atoms with van der Waals surface area (Å²) < 4.78 is 24.1. The van der Waals surface area contributed by atoms with Gasteiger partial charge in [0, 0.05) is 11.3 Å². The van der Waals surface area contributed by atoms with Crippen LogP contribution in [0, 0.1) is 5.82 Å². The van der Waals surface area contributed by atoms with Crippen molar-refractivity contribution < 1.29 is 18.7 Å². The molecule has 0 bridgehead atoms. The third-order valence-electron chi connectivity index (χ3n) is 3.06. The van der Waals surface area contributed by atoms with E-state index in [2.05, 4.69) is 5.32 Å². The first-order valence-corrected chi connectivity index (χ1v) is 7.31. The summed E-state index contributed by atoms with van der Waals surface area (Å²) in [5.41, 5.74) is 6.29. The molecule has 2 aromatic carbocycles. The summed E-state index contributed by atoms with van der Waals surface area (Å²) in [5.74, 6) is 0.209. The molecule has 23 heavy (non-hydrogen) atoms. The van der Waals surface area contributed by atoms with Gasteiger partial charge in [0.05, 0.1) is 18.9 Å². The summed E-state index contributed by atoms with van der Waals surface area (Å²) >= 11 is 0. The zero-order valence-electron chi connectivity index (χ0n) is 13.1. The first-order chi connectivity index (χ1) is 11.0. The number of benzene rings is 2. The molecular weight excluding hydrogens is 299 g/mol. The Morgan fingerprint density at radius 2 is 1.78 bits per heavy atom. The average Bonchev–Trinajstić information content (AvgIpc) is 2.53. The molecule has 0 unspecified atom stereocenters. The van der Waals surface area contributed by atoms with Gasteiger partial charge in [0.25, 0.3) is 5.91 Å². The van der Waals surface area contributed by atoms with Gasteiger partial charge in [-0.05, 0) is 50.2 Å². The fraction of sp³-hybridized carbons (Fsp3) is 0.235. The van der Waals surface area contributed by atoms with E-state index in [0.29, 0.717) is 36.0 Å². The Bertz CT molecular complexity index is 704. The molecule has 0 fully saturated rings. The minimum Gasteiger partial charge on any atom is -0.490 e. The van der Waals surface area contributed by atoms with Crippen LogP contribution in [0.2, 0.25) is 0 Å². The number of amides is 1. The van der Waals surface area contributed by atoms with Crippen LogP contribution in [0.15, 0.2) is 36.4 Å². The number of anilines is 2. The molecule has 2 rings (SSSR count). The second kappa shape index (κ2) is 7.49. The van der Waals surface area contributed by atoms with Gasteiger partial charge < -0.3 is 20.5 Å². The first-order valence-electron chi connectivity index (χ1n) is 7.31. The lowest BCUT2D eigenvalue weighted by Crippen LogP contribution is -2.12. The smallest absolute Gasteiger partial charge is 0.255 e. The number of ether oxygens (including phenoxy) is 2. The van der Waals surface area contributed by atoms with Gasteiger partial charge in [0.2, 0.25) is 0 Å². The van der Waals surface area contributed by atoms with Gasteiger partial charge in [-0.25, -0.2) is 4.39 Å². The molecule has 0 heterocycles. The third-order valence-corrected chi connectivity index (χ3v) is 3.06. The number of halogens is 1. The van der Waals surface area contributed by atoms with Crippen LogP contribution in [-0.4, -0.2) is 19.1 Å². The summed E-state index contributed by atoms with van der Waals surface area (Å²) in [5, 5.41) is 2.67. The zero-order valence-corrected chi connectivity index (χ0v) is 13.1. The van der Waals surface area contributed by atoms with Crippen molar-refractivity contribution in [1.29, 1.82) is 0 Å². The molecule has 0 saturated carbocycles. The summed E-state index contributed by atoms with van der Waals surface area (Å²) in [4.78, 5) is 12.3. The van der Waals surface area contributed by atoms with E-state index in [1.54, 1.807) is 18.2 Å². The van der Waals surface area contributed by atoms with E-state index in [-0.39, 0.29) is 11.6 Å². The second-order valence-corrected chi connectivity index (χ2v) is 4.72. The number of carbonyl (C=O) groups excluding carboxylic acids is 1. The Hall–Kier alpha value is -2.76. The highest BCUT2D eigenvalue weighted by atomic mass is 19.1. The summed E-state index contributed by atoms with van der Waals surface area (Å²) in [6, 6.07) is 8.94. The van der Waals surface area contributed by atoms with E-state index >= 15 is 0 Å². The fourth-order valence-electron chi connectivity index (χ4n) is 2.02. The van der Waals surface area contributed by atoms with Gasteiger partial charge in [-0.1, -0.05) is 0 Å². The number of nitrogens with one attached hydrogen (secondary N) is 1. The Kier molecular flexibility index (Phi) is 5.41. The van der Waals surface area contributed by atoms with Crippen molar-refractivity contribution >= 4 is 17.3 Å². The maximum Gasteiger partial charge on any atom is 0.255 e. The number of hydrogen-bond acceptors (Lipinski definition) is 4. The molecule has 0 aliphatic heterocycles. The number of rotatable bonds is 6. The Morgan fingerprint density at radius 3 is 2.43 bits per heavy atom.